The van der Waals surface area contributed by atoms with Crippen LogP contribution in [-0.2, 0) is 22.5 Å². The molecule has 0 spiro atoms. The van der Waals surface area contributed by atoms with Gasteiger partial charge in [0.2, 0.25) is 0 Å². The highest BCUT2D eigenvalue weighted by Crippen LogP contribution is 2.32. The molecule has 1 saturated heterocycles. The lowest BCUT2D eigenvalue weighted by Crippen LogP contribution is -2.40. The maximum absolute atomic E-state index is 12.1. The summed E-state index contributed by atoms with van der Waals surface area (Å²) in [6.45, 7) is 4.46. The van der Waals surface area contributed by atoms with Crippen molar-refractivity contribution in [2.45, 2.75) is 32.5 Å². The normalized spacial score (nSPS) is 17.7. The van der Waals surface area contributed by atoms with Crippen molar-refractivity contribution in [3.05, 3.63) is 73.9 Å². The molecule has 0 saturated carbocycles. The first-order chi connectivity index (χ1) is 16.4. The lowest BCUT2D eigenvalue weighted by Gasteiger charge is -2.35. The number of rotatable bonds is 8. The lowest BCUT2D eigenvalue weighted by atomic mass is 10.0. The summed E-state index contributed by atoms with van der Waals surface area (Å²) in [4.78, 5) is 8.32. The quantitative estimate of drug-likeness (QED) is 0.292. The molecular formula is C26H29ClN2O2S3. The zero-order valence-corrected chi connectivity index (χ0v) is 22.8. The first kappa shape index (κ1) is 25.6. The van der Waals surface area contributed by atoms with Crippen LogP contribution >= 0.6 is 34.7 Å². The Morgan fingerprint density at radius 2 is 2.06 bits per heavy atom. The Balaban J connectivity index is 1.44. The number of thioether (sulfide) groups is 1. The average molecular weight is 533 g/mol. The number of ether oxygens (including phenoxy) is 1. The van der Waals surface area contributed by atoms with Gasteiger partial charge in [-0.2, -0.15) is 0 Å². The minimum atomic E-state index is -0.994. The number of halogens is 1. The average Bonchev–Trinajstić information content (AvgIpc) is 3.22. The van der Waals surface area contributed by atoms with Gasteiger partial charge >= 0.3 is 0 Å². The summed E-state index contributed by atoms with van der Waals surface area (Å²) in [6, 6.07) is 16.2. The van der Waals surface area contributed by atoms with Crippen molar-refractivity contribution in [2.75, 3.05) is 30.5 Å². The minimum Gasteiger partial charge on any atom is -0.611 e. The number of nitrogens with zero attached hydrogens (tertiary/aromatic N) is 2. The molecule has 0 aliphatic carbocycles. The van der Waals surface area contributed by atoms with E-state index in [9.17, 15) is 4.55 Å². The number of aryl methyl sites for hydroxylation is 1. The predicted molar refractivity (Wildman–Crippen MR) is 149 cm³/mol. The number of thiazole rings is 1. The van der Waals surface area contributed by atoms with Crippen molar-refractivity contribution in [2.24, 2.45) is 0 Å². The van der Waals surface area contributed by atoms with E-state index >= 15 is 0 Å². The topological polar surface area (TPSA) is 48.4 Å². The Morgan fingerprint density at radius 3 is 2.79 bits per heavy atom. The first-order valence-electron chi connectivity index (χ1n) is 11.2. The van der Waals surface area contributed by atoms with Crippen LogP contribution in [0, 0.1) is 6.92 Å². The molecule has 0 bridgehead atoms. The van der Waals surface area contributed by atoms with Gasteiger partial charge in [-0.05, 0) is 55.4 Å². The molecule has 0 N–H and O–H groups in total. The maximum Gasteiger partial charge on any atom is 0.186 e. The Hall–Kier alpha value is -1.48. The SMILES string of the molecule is CSC(=Cc1ccccc1N1CCCC(OCc2sc(-c3ccc(Cl)cc3)nc2C)C1)[S+](C)[O-]. The van der Waals surface area contributed by atoms with Gasteiger partial charge in [-0.25, -0.2) is 4.98 Å². The van der Waals surface area contributed by atoms with Crippen molar-refractivity contribution < 1.29 is 9.29 Å². The largest absolute Gasteiger partial charge is 0.611 e. The number of hydrogen-bond donors (Lipinski definition) is 0. The highest BCUT2D eigenvalue weighted by atomic mass is 35.5. The standard InChI is InChI=1S/C26H29ClN2O2S3/c1-18-24(33-26(28-18)19-10-12-21(27)13-11-19)17-31-22-8-6-14-29(16-22)23-9-5-4-7-20(23)15-25(32-2)34(3)30/h4-5,7,9-13,15,22H,6,8,14,16-17H2,1-3H3. The first-order valence-corrected chi connectivity index (χ1v) is 15.2. The molecule has 1 aliphatic rings. The van der Waals surface area contributed by atoms with Crippen LogP contribution in [0.5, 0.6) is 0 Å². The van der Waals surface area contributed by atoms with Crippen LogP contribution < -0.4 is 4.90 Å². The summed E-state index contributed by atoms with van der Waals surface area (Å²) in [5, 5.41) is 1.73. The Bertz CT molecular complexity index is 1130. The lowest BCUT2D eigenvalue weighted by molar-refractivity contribution is 0.0327. The van der Waals surface area contributed by atoms with Gasteiger partial charge in [-0.3, -0.25) is 0 Å². The van der Waals surface area contributed by atoms with E-state index < -0.39 is 11.2 Å². The summed E-state index contributed by atoms with van der Waals surface area (Å²) < 4.78 is 19.3. The van der Waals surface area contributed by atoms with Crippen LogP contribution in [0.2, 0.25) is 5.02 Å². The second-order valence-electron chi connectivity index (χ2n) is 8.24. The molecule has 2 aromatic carbocycles. The Kier molecular flexibility index (Phi) is 9.02. The predicted octanol–water partition coefficient (Wildman–Crippen LogP) is 7.00. The molecule has 4 nitrogen and oxygen atoms in total. The highest BCUT2D eigenvalue weighted by molar-refractivity contribution is 8.18. The number of piperidine rings is 1. The third kappa shape index (κ3) is 6.39. The molecule has 8 heteroatoms. The van der Waals surface area contributed by atoms with Gasteiger partial charge in [0.15, 0.2) is 4.24 Å². The number of hydrogen-bond acceptors (Lipinski definition) is 6. The van der Waals surface area contributed by atoms with Crippen LogP contribution in [0.4, 0.5) is 5.69 Å². The fourth-order valence-corrected chi connectivity index (χ4v) is 6.64. The van der Waals surface area contributed by atoms with Crippen molar-refractivity contribution in [1.82, 2.24) is 4.98 Å². The van der Waals surface area contributed by atoms with E-state index in [0.717, 1.165) is 57.0 Å². The van der Waals surface area contributed by atoms with Gasteiger partial charge in [-0.1, -0.05) is 53.7 Å². The highest BCUT2D eigenvalue weighted by Gasteiger charge is 2.23. The van der Waals surface area contributed by atoms with Crippen LogP contribution in [-0.4, -0.2) is 41.2 Å². The Labute approximate surface area is 218 Å². The third-order valence-electron chi connectivity index (χ3n) is 5.85. The van der Waals surface area contributed by atoms with Crippen LogP contribution in [0.25, 0.3) is 16.6 Å². The molecule has 180 valence electrons. The molecule has 4 rings (SSSR count). The van der Waals surface area contributed by atoms with E-state index in [-0.39, 0.29) is 6.10 Å². The fraction of sp³-hybridized carbons (Fsp3) is 0.346. The monoisotopic (exact) mass is 532 g/mol. The Morgan fingerprint density at radius 1 is 1.29 bits per heavy atom. The smallest absolute Gasteiger partial charge is 0.186 e. The molecule has 1 aromatic heterocycles. The third-order valence-corrected chi connectivity index (χ3v) is 9.69. The summed E-state index contributed by atoms with van der Waals surface area (Å²) in [7, 11) is 0. The van der Waals surface area contributed by atoms with E-state index in [2.05, 4.69) is 29.2 Å². The summed E-state index contributed by atoms with van der Waals surface area (Å²) in [5.41, 5.74) is 4.38. The van der Waals surface area contributed by atoms with Crippen molar-refractivity contribution in [3.63, 3.8) is 0 Å². The zero-order chi connectivity index (χ0) is 24.1. The van der Waals surface area contributed by atoms with Gasteiger partial charge in [0.1, 0.15) is 11.3 Å². The molecule has 0 radical (unpaired) electrons. The van der Waals surface area contributed by atoms with Crippen LogP contribution in [0.3, 0.4) is 0 Å². The van der Waals surface area contributed by atoms with Gasteiger partial charge in [0, 0.05) is 41.0 Å². The van der Waals surface area contributed by atoms with Crippen molar-refractivity contribution >= 4 is 57.6 Å². The molecule has 2 heterocycles. The minimum absolute atomic E-state index is 0.159. The molecule has 34 heavy (non-hydrogen) atoms. The zero-order valence-electron chi connectivity index (χ0n) is 19.6. The molecule has 2 atom stereocenters. The van der Waals surface area contributed by atoms with E-state index in [4.69, 9.17) is 21.3 Å². The van der Waals surface area contributed by atoms with Crippen LogP contribution in [0.1, 0.15) is 29.0 Å². The molecule has 3 aromatic rings. The molecular weight excluding hydrogens is 504 g/mol. The van der Waals surface area contributed by atoms with Gasteiger partial charge in [0.25, 0.3) is 0 Å². The molecule has 1 fully saturated rings. The van der Waals surface area contributed by atoms with Crippen LogP contribution in [0.15, 0.2) is 52.8 Å². The number of para-hydroxylation sites is 1. The summed E-state index contributed by atoms with van der Waals surface area (Å²) >= 11 is 8.26. The van der Waals surface area contributed by atoms with E-state index in [0.29, 0.717) is 6.61 Å². The molecule has 2 unspecified atom stereocenters. The maximum atomic E-state index is 12.1. The number of aromatic nitrogens is 1. The second-order valence-corrected chi connectivity index (χ2v) is 12.2. The number of benzene rings is 2. The molecule has 0 amide bonds. The van der Waals surface area contributed by atoms with E-state index in [1.807, 2.05) is 43.5 Å². The summed E-state index contributed by atoms with van der Waals surface area (Å²) in [5.74, 6) is 0. The van der Waals surface area contributed by atoms with E-state index in [1.165, 1.54) is 10.6 Å². The summed E-state index contributed by atoms with van der Waals surface area (Å²) in [6.07, 6.45) is 8.04. The fourth-order valence-electron chi connectivity index (χ4n) is 4.05. The van der Waals surface area contributed by atoms with E-state index in [1.54, 1.807) is 29.4 Å². The number of anilines is 1. The second kappa shape index (κ2) is 12.0. The van der Waals surface area contributed by atoms with Crippen molar-refractivity contribution in [1.29, 1.82) is 0 Å². The molecule has 1 aliphatic heterocycles. The van der Waals surface area contributed by atoms with Gasteiger partial charge in [0.05, 0.1) is 23.3 Å². The van der Waals surface area contributed by atoms with Gasteiger partial charge in [-0.15, -0.1) is 11.3 Å². The van der Waals surface area contributed by atoms with Gasteiger partial charge < -0.3 is 14.2 Å². The van der Waals surface area contributed by atoms with Crippen molar-refractivity contribution in [3.8, 4) is 10.6 Å².